The van der Waals surface area contributed by atoms with Gasteiger partial charge in [-0.3, -0.25) is 4.79 Å². The van der Waals surface area contributed by atoms with Crippen molar-refractivity contribution in [2.75, 3.05) is 0 Å². The van der Waals surface area contributed by atoms with Crippen molar-refractivity contribution >= 4 is 5.91 Å². The van der Waals surface area contributed by atoms with Gasteiger partial charge in [-0.2, -0.15) is 0 Å². The molecule has 100 valence electrons. The average Bonchev–Trinajstić information content (AvgIpc) is 2.30. The molecule has 0 unspecified atom stereocenters. The van der Waals surface area contributed by atoms with Crippen molar-refractivity contribution in [1.82, 2.24) is 5.32 Å². The van der Waals surface area contributed by atoms with Gasteiger partial charge in [0.2, 0.25) is 5.91 Å². The quantitative estimate of drug-likeness (QED) is 0.851. The molecule has 3 heteroatoms. The van der Waals surface area contributed by atoms with Crippen molar-refractivity contribution in [1.29, 1.82) is 0 Å². The fourth-order valence-corrected chi connectivity index (χ4v) is 2.10. The highest BCUT2D eigenvalue weighted by molar-refractivity contribution is 5.79. The third-order valence-corrected chi connectivity index (χ3v) is 3.34. The van der Waals surface area contributed by atoms with Gasteiger partial charge < -0.3 is 5.32 Å². The Hall–Kier alpha value is -1.38. The third kappa shape index (κ3) is 3.31. The van der Waals surface area contributed by atoms with E-state index >= 15 is 0 Å². The molecule has 1 N–H and O–H groups in total. The van der Waals surface area contributed by atoms with E-state index in [9.17, 15) is 9.18 Å². The first-order valence-electron chi connectivity index (χ1n) is 6.49. The van der Waals surface area contributed by atoms with Gasteiger partial charge in [-0.15, -0.1) is 0 Å². The SMILES string of the molecule is CCC(CC)C(=O)NC(C)(C)c1ccccc1F. The molecule has 0 spiro atoms. The molecule has 0 aromatic heterocycles. The number of rotatable bonds is 5. The molecule has 0 radical (unpaired) electrons. The molecular formula is C15H22FNO. The maximum absolute atomic E-state index is 13.7. The fourth-order valence-electron chi connectivity index (χ4n) is 2.10. The first-order valence-corrected chi connectivity index (χ1v) is 6.49. The van der Waals surface area contributed by atoms with E-state index in [0.717, 1.165) is 12.8 Å². The summed E-state index contributed by atoms with van der Waals surface area (Å²) < 4.78 is 13.7. The van der Waals surface area contributed by atoms with Crippen LogP contribution in [0.2, 0.25) is 0 Å². The zero-order valence-electron chi connectivity index (χ0n) is 11.6. The number of hydrogen-bond donors (Lipinski definition) is 1. The minimum absolute atomic E-state index is 0.00366. The Labute approximate surface area is 109 Å². The maximum Gasteiger partial charge on any atom is 0.223 e. The lowest BCUT2D eigenvalue weighted by atomic mass is 9.92. The van der Waals surface area contributed by atoms with Crippen molar-refractivity contribution in [2.24, 2.45) is 5.92 Å². The Morgan fingerprint density at radius 3 is 2.33 bits per heavy atom. The van der Waals surface area contributed by atoms with Crippen molar-refractivity contribution < 1.29 is 9.18 Å². The van der Waals surface area contributed by atoms with Crippen LogP contribution in [0.4, 0.5) is 4.39 Å². The molecule has 0 aliphatic carbocycles. The van der Waals surface area contributed by atoms with Gasteiger partial charge in [-0.25, -0.2) is 4.39 Å². The van der Waals surface area contributed by atoms with Crippen LogP contribution in [0.25, 0.3) is 0 Å². The Balaban J connectivity index is 2.88. The Bertz CT molecular complexity index is 411. The second-order valence-electron chi connectivity index (χ2n) is 5.11. The normalized spacial score (nSPS) is 11.7. The number of benzene rings is 1. The first-order chi connectivity index (χ1) is 8.42. The van der Waals surface area contributed by atoms with Crippen molar-refractivity contribution in [3.05, 3.63) is 35.6 Å². The molecule has 0 aliphatic heterocycles. The molecule has 0 bridgehead atoms. The largest absolute Gasteiger partial charge is 0.347 e. The molecule has 1 amide bonds. The maximum atomic E-state index is 13.7. The Morgan fingerprint density at radius 1 is 1.28 bits per heavy atom. The van der Waals surface area contributed by atoms with Crippen molar-refractivity contribution in [3.8, 4) is 0 Å². The van der Waals surface area contributed by atoms with Gasteiger partial charge in [0, 0.05) is 11.5 Å². The van der Waals surface area contributed by atoms with Crippen LogP contribution in [0.1, 0.15) is 46.1 Å². The summed E-state index contributed by atoms with van der Waals surface area (Å²) >= 11 is 0. The number of nitrogens with one attached hydrogen (secondary N) is 1. The Morgan fingerprint density at radius 2 is 1.83 bits per heavy atom. The number of amides is 1. The average molecular weight is 251 g/mol. The van der Waals surface area contributed by atoms with Crippen LogP contribution >= 0.6 is 0 Å². The summed E-state index contributed by atoms with van der Waals surface area (Å²) in [5, 5.41) is 2.94. The van der Waals surface area contributed by atoms with E-state index in [-0.39, 0.29) is 17.6 Å². The molecule has 0 heterocycles. The molecule has 1 aromatic carbocycles. The van der Waals surface area contributed by atoms with E-state index in [2.05, 4.69) is 5.32 Å². The van der Waals surface area contributed by atoms with Crippen LogP contribution in [-0.4, -0.2) is 5.91 Å². The van der Waals surface area contributed by atoms with Gasteiger partial charge >= 0.3 is 0 Å². The van der Waals surface area contributed by atoms with Crippen LogP contribution in [0, 0.1) is 11.7 Å². The predicted octanol–water partition coefficient (Wildman–Crippen LogP) is 3.61. The van der Waals surface area contributed by atoms with Gasteiger partial charge in [-0.1, -0.05) is 32.0 Å². The molecule has 2 nitrogen and oxygen atoms in total. The van der Waals surface area contributed by atoms with Gasteiger partial charge in [0.15, 0.2) is 0 Å². The van der Waals surface area contributed by atoms with Gasteiger partial charge in [0.05, 0.1) is 5.54 Å². The molecule has 1 aromatic rings. The van der Waals surface area contributed by atoms with Crippen molar-refractivity contribution in [3.63, 3.8) is 0 Å². The molecule has 0 saturated carbocycles. The van der Waals surface area contributed by atoms with E-state index in [4.69, 9.17) is 0 Å². The third-order valence-electron chi connectivity index (χ3n) is 3.34. The first kappa shape index (κ1) is 14.7. The molecule has 18 heavy (non-hydrogen) atoms. The van der Waals surface area contributed by atoms with Crippen LogP contribution in [-0.2, 0) is 10.3 Å². The zero-order chi connectivity index (χ0) is 13.8. The minimum Gasteiger partial charge on any atom is -0.347 e. The molecule has 0 fully saturated rings. The lowest BCUT2D eigenvalue weighted by Crippen LogP contribution is -2.44. The van der Waals surface area contributed by atoms with Gasteiger partial charge in [-0.05, 0) is 32.8 Å². The second kappa shape index (κ2) is 5.98. The van der Waals surface area contributed by atoms with Gasteiger partial charge in [0.1, 0.15) is 5.82 Å². The highest BCUT2D eigenvalue weighted by atomic mass is 19.1. The van der Waals surface area contributed by atoms with Crippen LogP contribution < -0.4 is 5.32 Å². The predicted molar refractivity (Wildman–Crippen MR) is 71.6 cm³/mol. The second-order valence-corrected chi connectivity index (χ2v) is 5.11. The summed E-state index contributed by atoms with van der Waals surface area (Å²) in [6.45, 7) is 7.63. The Kier molecular flexibility index (Phi) is 4.88. The topological polar surface area (TPSA) is 29.1 Å². The summed E-state index contributed by atoms with van der Waals surface area (Å²) in [7, 11) is 0. The molecular weight excluding hydrogens is 229 g/mol. The zero-order valence-corrected chi connectivity index (χ0v) is 11.6. The number of carbonyl (C=O) groups is 1. The number of halogens is 1. The summed E-state index contributed by atoms with van der Waals surface area (Å²) in [5.41, 5.74) is -0.172. The molecule has 0 aliphatic rings. The van der Waals surface area contributed by atoms with E-state index in [1.165, 1.54) is 6.07 Å². The monoisotopic (exact) mass is 251 g/mol. The highest BCUT2D eigenvalue weighted by Gasteiger charge is 2.27. The van der Waals surface area contributed by atoms with E-state index < -0.39 is 5.54 Å². The molecule has 0 saturated heterocycles. The van der Waals surface area contributed by atoms with Gasteiger partial charge in [0.25, 0.3) is 0 Å². The summed E-state index contributed by atoms with van der Waals surface area (Å²) in [6.07, 6.45) is 1.60. The van der Waals surface area contributed by atoms with Crippen LogP contribution in [0.3, 0.4) is 0 Å². The highest BCUT2D eigenvalue weighted by Crippen LogP contribution is 2.23. The lowest BCUT2D eigenvalue weighted by Gasteiger charge is -2.29. The number of hydrogen-bond acceptors (Lipinski definition) is 1. The van der Waals surface area contributed by atoms with Crippen molar-refractivity contribution in [2.45, 2.75) is 46.1 Å². The number of carbonyl (C=O) groups excluding carboxylic acids is 1. The standard InChI is InChI=1S/C15H22FNO/c1-5-11(6-2)14(18)17-15(3,4)12-9-7-8-10-13(12)16/h7-11H,5-6H2,1-4H3,(H,17,18). The summed E-state index contributed by atoms with van der Waals surface area (Å²) in [4.78, 5) is 12.1. The summed E-state index contributed by atoms with van der Waals surface area (Å²) in [5.74, 6) is -0.295. The lowest BCUT2D eigenvalue weighted by molar-refractivity contribution is -0.127. The summed E-state index contributed by atoms with van der Waals surface area (Å²) in [6, 6.07) is 6.56. The van der Waals surface area contributed by atoms with E-state index in [0.29, 0.717) is 5.56 Å². The van der Waals surface area contributed by atoms with Crippen LogP contribution in [0.15, 0.2) is 24.3 Å². The van der Waals surface area contributed by atoms with E-state index in [1.54, 1.807) is 18.2 Å². The minimum atomic E-state index is -0.689. The van der Waals surface area contributed by atoms with Crippen LogP contribution in [0.5, 0.6) is 0 Å². The van der Waals surface area contributed by atoms with E-state index in [1.807, 2.05) is 27.7 Å². The molecule has 0 atom stereocenters. The molecule has 1 rings (SSSR count). The smallest absolute Gasteiger partial charge is 0.223 e. The fraction of sp³-hybridized carbons (Fsp3) is 0.533.